The lowest BCUT2D eigenvalue weighted by Gasteiger charge is -2.32. The van der Waals surface area contributed by atoms with Crippen molar-refractivity contribution in [3.63, 3.8) is 0 Å². The maximum Gasteiger partial charge on any atom is 0.00443 e. The molecule has 0 spiro atoms. The predicted octanol–water partition coefficient (Wildman–Crippen LogP) is 3.12. The summed E-state index contributed by atoms with van der Waals surface area (Å²) in [6.07, 6.45) is 3.60. The van der Waals surface area contributed by atoms with Crippen molar-refractivity contribution in [3.8, 4) is 0 Å². The van der Waals surface area contributed by atoms with Gasteiger partial charge in [0.05, 0.1) is 0 Å². The van der Waals surface area contributed by atoms with Crippen LogP contribution in [0.4, 0.5) is 0 Å². The van der Waals surface area contributed by atoms with Gasteiger partial charge in [0.2, 0.25) is 0 Å². The molecule has 0 aromatic heterocycles. The van der Waals surface area contributed by atoms with Crippen LogP contribution < -0.4 is 5.73 Å². The van der Waals surface area contributed by atoms with Gasteiger partial charge in [-0.25, -0.2) is 0 Å². The van der Waals surface area contributed by atoms with E-state index >= 15 is 0 Å². The molecule has 1 nitrogen and oxygen atoms in total. The number of benzene rings is 2. The molecule has 1 aliphatic rings. The van der Waals surface area contributed by atoms with Crippen LogP contribution in [0, 0.1) is 5.92 Å². The van der Waals surface area contributed by atoms with E-state index < -0.39 is 0 Å². The molecule has 0 amide bonds. The monoisotopic (exact) mass is 211 g/mol. The minimum Gasteiger partial charge on any atom is -0.328 e. The second kappa shape index (κ2) is 3.91. The molecule has 1 heteroatoms. The zero-order valence-electron chi connectivity index (χ0n) is 9.39. The Hall–Kier alpha value is -1.34. The Labute approximate surface area is 96.3 Å². The predicted molar refractivity (Wildman–Crippen MR) is 68.4 cm³/mol. The highest BCUT2D eigenvalue weighted by molar-refractivity contribution is 5.82. The Morgan fingerprint density at radius 3 is 2.50 bits per heavy atom. The lowest BCUT2D eigenvalue weighted by atomic mass is 9.77. The maximum absolute atomic E-state index is 5.81. The number of hydrogen-bond acceptors (Lipinski definition) is 1. The first-order chi connectivity index (χ1) is 7.81. The lowest BCUT2D eigenvalue weighted by molar-refractivity contribution is 0.264. The Morgan fingerprint density at radius 2 is 1.75 bits per heavy atom. The average molecular weight is 211 g/mol. The quantitative estimate of drug-likeness (QED) is 0.811. The van der Waals surface area contributed by atoms with Crippen LogP contribution in [0.5, 0.6) is 0 Å². The molecule has 0 saturated heterocycles. The molecule has 16 heavy (non-hydrogen) atoms. The second-order valence-corrected chi connectivity index (χ2v) is 4.98. The highest BCUT2D eigenvalue weighted by atomic mass is 14.7. The van der Waals surface area contributed by atoms with Crippen LogP contribution in [0.25, 0.3) is 10.8 Å². The van der Waals surface area contributed by atoms with E-state index in [1.807, 2.05) is 0 Å². The fourth-order valence-corrected chi connectivity index (χ4v) is 2.65. The molecular formula is C15H17N. The zero-order valence-corrected chi connectivity index (χ0v) is 9.39. The van der Waals surface area contributed by atoms with Crippen LogP contribution in [0.3, 0.4) is 0 Å². The van der Waals surface area contributed by atoms with E-state index in [-0.39, 0.29) is 0 Å². The van der Waals surface area contributed by atoms with Gasteiger partial charge in [0.1, 0.15) is 0 Å². The van der Waals surface area contributed by atoms with E-state index in [9.17, 15) is 0 Å². The third-order valence-electron chi connectivity index (χ3n) is 3.61. The fraction of sp³-hybridized carbons (Fsp3) is 0.333. The molecule has 2 N–H and O–H groups in total. The Kier molecular flexibility index (Phi) is 2.41. The summed E-state index contributed by atoms with van der Waals surface area (Å²) >= 11 is 0. The van der Waals surface area contributed by atoms with Gasteiger partial charge in [-0.1, -0.05) is 42.5 Å². The Bertz CT molecular complexity index is 498. The van der Waals surface area contributed by atoms with Crippen LogP contribution in [0.1, 0.15) is 18.4 Å². The lowest BCUT2D eigenvalue weighted by Crippen LogP contribution is -2.37. The first-order valence-corrected chi connectivity index (χ1v) is 6.04. The minimum atomic E-state index is 0.463. The van der Waals surface area contributed by atoms with E-state index in [1.165, 1.54) is 35.6 Å². The van der Waals surface area contributed by atoms with Crippen LogP contribution in [0.2, 0.25) is 0 Å². The van der Waals surface area contributed by atoms with Gasteiger partial charge in [-0.15, -0.1) is 0 Å². The molecule has 1 fully saturated rings. The number of rotatable bonds is 2. The van der Waals surface area contributed by atoms with Crippen LogP contribution >= 0.6 is 0 Å². The van der Waals surface area contributed by atoms with E-state index in [1.54, 1.807) is 0 Å². The third kappa shape index (κ3) is 1.83. The van der Waals surface area contributed by atoms with E-state index in [0.29, 0.717) is 6.04 Å². The highest BCUT2D eigenvalue weighted by Gasteiger charge is 2.25. The topological polar surface area (TPSA) is 26.0 Å². The first-order valence-electron chi connectivity index (χ1n) is 6.04. The summed E-state index contributed by atoms with van der Waals surface area (Å²) in [6.45, 7) is 0. The zero-order chi connectivity index (χ0) is 11.0. The van der Waals surface area contributed by atoms with Crippen molar-refractivity contribution in [3.05, 3.63) is 48.0 Å². The number of nitrogens with two attached hydrogens (primary N) is 1. The molecule has 0 heterocycles. The van der Waals surface area contributed by atoms with Crippen molar-refractivity contribution in [2.45, 2.75) is 25.3 Å². The van der Waals surface area contributed by atoms with Crippen molar-refractivity contribution in [1.29, 1.82) is 0 Å². The van der Waals surface area contributed by atoms with Crippen molar-refractivity contribution in [2.75, 3.05) is 0 Å². The van der Waals surface area contributed by atoms with Gasteiger partial charge >= 0.3 is 0 Å². The molecule has 1 aliphatic carbocycles. The summed E-state index contributed by atoms with van der Waals surface area (Å²) in [7, 11) is 0. The van der Waals surface area contributed by atoms with E-state index in [0.717, 1.165) is 5.92 Å². The summed E-state index contributed by atoms with van der Waals surface area (Å²) in [4.78, 5) is 0. The van der Waals surface area contributed by atoms with Crippen LogP contribution in [0.15, 0.2) is 42.5 Å². The molecule has 2 aromatic rings. The largest absolute Gasteiger partial charge is 0.328 e. The Balaban J connectivity index is 1.82. The van der Waals surface area contributed by atoms with Gasteiger partial charge in [0, 0.05) is 6.04 Å². The minimum absolute atomic E-state index is 0.463. The molecular weight excluding hydrogens is 194 g/mol. The van der Waals surface area contributed by atoms with Gasteiger partial charge in [0.15, 0.2) is 0 Å². The summed E-state index contributed by atoms with van der Waals surface area (Å²) in [5.41, 5.74) is 7.27. The van der Waals surface area contributed by atoms with E-state index in [2.05, 4.69) is 42.5 Å². The number of fused-ring (bicyclic) bond motifs is 1. The van der Waals surface area contributed by atoms with Gasteiger partial charge in [-0.3, -0.25) is 0 Å². The maximum atomic E-state index is 5.81. The average Bonchev–Trinajstić information content (AvgIpc) is 2.27. The molecule has 1 saturated carbocycles. The van der Waals surface area contributed by atoms with Crippen molar-refractivity contribution < 1.29 is 0 Å². The smallest absolute Gasteiger partial charge is 0.00443 e. The molecule has 82 valence electrons. The molecule has 0 unspecified atom stereocenters. The van der Waals surface area contributed by atoms with Crippen molar-refractivity contribution in [2.24, 2.45) is 11.7 Å². The highest BCUT2D eigenvalue weighted by Crippen LogP contribution is 2.29. The van der Waals surface area contributed by atoms with E-state index in [4.69, 9.17) is 5.73 Å². The van der Waals surface area contributed by atoms with Gasteiger partial charge < -0.3 is 5.73 Å². The van der Waals surface area contributed by atoms with Crippen molar-refractivity contribution in [1.82, 2.24) is 0 Å². The summed E-state index contributed by atoms with van der Waals surface area (Å²) in [6, 6.07) is 15.8. The molecule has 3 rings (SSSR count). The summed E-state index contributed by atoms with van der Waals surface area (Å²) < 4.78 is 0. The number of hydrogen-bond donors (Lipinski definition) is 1. The summed E-state index contributed by atoms with van der Waals surface area (Å²) in [5, 5.41) is 2.68. The molecule has 0 radical (unpaired) electrons. The standard InChI is InChI=1S/C15H17N/c16-15-9-12(10-15)7-11-5-6-13-3-1-2-4-14(13)8-11/h1-6,8,12,15H,7,9-10,16H2. The van der Waals surface area contributed by atoms with Crippen molar-refractivity contribution >= 4 is 10.8 Å². The Morgan fingerprint density at radius 1 is 1.00 bits per heavy atom. The van der Waals surface area contributed by atoms with Crippen LogP contribution in [-0.4, -0.2) is 6.04 Å². The fourth-order valence-electron chi connectivity index (χ4n) is 2.65. The SMILES string of the molecule is NC1CC(Cc2ccc3ccccc3c2)C1. The molecule has 0 bridgehead atoms. The third-order valence-corrected chi connectivity index (χ3v) is 3.61. The first kappa shape index (κ1) is 9.86. The second-order valence-electron chi connectivity index (χ2n) is 4.98. The summed E-state index contributed by atoms with van der Waals surface area (Å²) in [5.74, 6) is 0.816. The van der Waals surface area contributed by atoms with Gasteiger partial charge in [0.25, 0.3) is 0 Å². The molecule has 0 atom stereocenters. The normalized spacial score (nSPS) is 24.3. The van der Waals surface area contributed by atoms with Crippen LogP contribution in [-0.2, 0) is 6.42 Å². The van der Waals surface area contributed by atoms with Gasteiger partial charge in [-0.05, 0) is 41.5 Å². The molecule has 2 aromatic carbocycles. The molecule has 0 aliphatic heterocycles. The van der Waals surface area contributed by atoms with Gasteiger partial charge in [-0.2, -0.15) is 0 Å².